The Labute approximate surface area is 113 Å². The second-order valence-electron chi connectivity index (χ2n) is 4.20. The fraction of sp³-hybridized carbons (Fsp3) is 0.333. The summed E-state index contributed by atoms with van der Waals surface area (Å²) in [6.07, 6.45) is 2.51. The summed E-state index contributed by atoms with van der Waals surface area (Å²) >= 11 is 0. The van der Waals surface area contributed by atoms with Gasteiger partial charge in [-0.1, -0.05) is 12.1 Å². The van der Waals surface area contributed by atoms with E-state index < -0.39 is 0 Å². The predicted octanol–water partition coefficient (Wildman–Crippen LogP) is 2.72. The molecule has 0 radical (unpaired) electrons. The van der Waals surface area contributed by atoms with Gasteiger partial charge in [-0.2, -0.15) is 0 Å². The van der Waals surface area contributed by atoms with Crippen LogP contribution >= 0.6 is 0 Å². The van der Waals surface area contributed by atoms with Gasteiger partial charge in [0.1, 0.15) is 5.76 Å². The van der Waals surface area contributed by atoms with Gasteiger partial charge in [-0.3, -0.25) is 0 Å². The van der Waals surface area contributed by atoms with Crippen LogP contribution in [0.3, 0.4) is 0 Å². The average molecular weight is 261 g/mol. The molecule has 1 heterocycles. The molecule has 2 rings (SSSR count). The van der Waals surface area contributed by atoms with E-state index in [0.717, 1.165) is 24.3 Å². The minimum absolute atomic E-state index is 0.217. The Balaban J connectivity index is 1.83. The van der Waals surface area contributed by atoms with Gasteiger partial charge in [0.2, 0.25) is 0 Å². The van der Waals surface area contributed by atoms with Crippen LogP contribution in [0.25, 0.3) is 0 Å². The van der Waals surface area contributed by atoms with Crippen LogP contribution in [0.15, 0.2) is 41.0 Å². The molecule has 2 aromatic rings. The number of hydrogen-bond donors (Lipinski definition) is 2. The van der Waals surface area contributed by atoms with E-state index in [1.54, 1.807) is 12.3 Å². The maximum atomic E-state index is 10.0. The molecule has 0 saturated heterocycles. The van der Waals surface area contributed by atoms with Crippen molar-refractivity contribution < 1.29 is 14.3 Å². The number of rotatable bonds is 7. The maximum Gasteiger partial charge on any atom is 0.162 e. The molecule has 4 nitrogen and oxygen atoms in total. The minimum Gasteiger partial charge on any atom is -0.504 e. The van der Waals surface area contributed by atoms with Crippen LogP contribution in [0.2, 0.25) is 0 Å². The van der Waals surface area contributed by atoms with Crippen molar-refractivity contribution in [3.05, 3.63) is 47.9 Å². The molecular weight excluding hydrogens is 242 g/mol. The van der Waals surface area contributed by atoms with E-state index in [9.17, 15) is 5.11 Å². The summed E-state index contributed by atoms with van der Waals surface area (Å²) < 4.78 is 10.6. The van der Waals surface area contributed by atoms with Gasteiger partial charge >= 0.3 is 0 Å². The van der Waals surface area contributed by atoms with Crippen LogP contribution in [0, 0.1) is 0 Å². The number of phenols is 1. The van der Waals surface area contributed by atoms with Crippen LogP contribution in [0.1, 0.15) is 18.2 Å². The summed E-state index contributed by atoms with van der Waals surface area (Å²) in [5.74, 6) is 1.71. The Hall–Kier alpha value is -1.94. The predicted molar refractivity (Wildman–Crippen MR) is 73.4 cm³/mol. The Bertz CT molecular complexity index is 494. The molecule has 102 valence electrons. The van der Waals surface area contributed by atoms with Crippen molar-refractivity contribution in [3.8, 4) is 11.5 Å². The van der Waals surface area contributed by atoms with Crippen molar-refractivity contribution >= 4 is 0 Å². The molecule has 0 saturated carbocycles. The molecule has 4 heteroatoms. The largest absolute Gasteiger partial charge is 0.504 e. The molecule has 0 aliphatic rings. The molecule has 0 aliphatic heterocycles. The van der Waals surface area contributed by atoms with Crippen LogP contribution < -0.4 is 10.1 Å². The Morgan fingerprint density at radius 3 is 2.89 bits per heavy atom. The standard InChI is InChI=1S/C15H19NO3/c1-2-18-14-7-3-5-12(15(14)17)11-16-9-8-13-6-4-10-19-13/h3-7,10,16-17H,2,8-9,11H2,1H3. The summed E-state index contributed by atoms with van der Waals surface area (Å²) in [5, 5.41) is 13.3. The smallest absolute Gasteiger partial charge is 0.162 e. The Morgan fingerprint density at radius 2 is 2.16 bits per heavy atom. The summed E-state index contributed by atoms with van der Waals surface area (Å²) in [5.41, 5.74) is 0.838. The van der Waals surface area contributed by atoms with Crippen molar-refractivity contribution in [2.24, 2.45) is 0 Å². The van der Waals surface area contributed by atoms with E-state index >= 15 is 0 Å². The molecule has 2 N–H and O–H groups in total. The number of hydrogen-bond acceptors (Lipinski definition) is 4. The molecule has 0 aliphatic carbocycles. The topological polar surface area (TPSA) is 54.6 Å². The van der Waals surface area contributed by atoms with Gasteiger partial charge in [0.15, 0.2) is 11.5 Å². The first-order valence-corrected chi connectivity index (χ1v) is 6.48. The highest BCUT2D eigenvalue weighted by atomic mass is 16.5. The molecule has 19 heavy (non-hydrogen) atoms. The zero-order chi connectivity index (χ0) is 13.5. The second kappa shape index (κ2) is 6.85. The van der Waals surface area contributed by atoms with Gasteiger partial charge in [0, 0.05) is 25.1 Å². The molecular formula is C15H19NO3. The number of benzene rings is 1. The third-order valence-corrected chi connectivity index (χ3v) is 2.83. The lowest BCUT2D eigenvalue weighted by Gasteiger charge is -2.10. The van der Waals surface area contributed by atoms with Gasteiger partial charge in [-0.15, -0.1) is 0 Å². The lowest BCUT2D eigenvalue weighted by Crippen LogP contribution is -2.16. The SMILES string of the molecule is CCOc1cccc(CNCCc2ccco2)c1O. The molecule has 1 aromatic carbocycles. The molecule has 1 aromatic heterocycles. The Kier molecular flexibility index (Phi) is 4.86. The van der Waals surface area contributed by atoms with Crippen LogP contribution in [-0.4, -0.2) is 18.3 Å². The number of nitrogens with one attached hydrogen (secondary N) is 1. The minimum atomic E-state index is 0.217. The lowest BCUT2D eigenvalue weighted by molar-refractivity contribution is 0.316. The van der Waals surface area contributed by atoms with Crippen molar-refractivity contribution in [1.82, 2.24) is 5.32 Å². The molecule has 0 bridgehead atoms. The normalized spacial score (nSPS) is 10.6. The third kappa shape index (κ3) is 3.76. The number of phenolic OH excluding ortho intramolecular Hbond substituents is 1. The van der Waals surface area contributed by atoms with E-state index in [1.807, 2.05) is 31.2 Å². The highest BCUT2D eigenvalue weighted by Crippen LogP contribution is 2.29. The molecule has 0 amide bonds. The highest BCUT2D eigenvalue weighted by molar-refractivity contribution is 5.45. The van der Waals surface area contributed by atoms with Gasteiger partial charge < -0.3 is 19.6 Å². The quantitative estimate of drug-likeness (QED) is 0.752. The summed E-state index contributed by atoms with van der Waals surface area (Å²) in [6.45, 7) is 3.84. The van der Waals surface area contributed by atoms with E-state index in [1.165, 1.54) is 0 Å². The van der Waals surface area contributed by atoms with E-state index in [4.69, 9.17) is 9.15 Å². The monoisotopic (exact) mass is 261 g/mol. The summed E-state index contributed by atoms with van der Waals surface area (Å²) in [6, 6.07) is 9.37. The van der Waals surface area contributed by atoms with E-state index in [0.29, 0.717) is 18.9 Å². The van der Waals surface area contributed by atoms with Gasteiger partial charge in [-0.05, 0) is 25.1 Å². The first-order chi connectivity index (χ1) is 9.31. The summed E-state index contributed by atoms with van der Waals surface area (Å²) in [4.78, 5) is 0. The third-order valence-electron chi connectivity index (χ3n) is 2.83. The summed E-state index contributed by atoms with van der Waals surface area (Å²) in [7, 11) is 0. The average Bonchev–Trinajstić information content (AvgIpc) is 2.92. The van der Waals surface area contributed by atoms with Crippen LogP contribution in [0.5, 0.6) is 11.5 Å². The fourth-order valence-corrected chi connectivity index (χ4v) is 1.87. The Morgan fingerprint density at radius 1 is 1.26 bits per heavy atom. The fourth-order valence-electron chi connectivity index (χ4n) is 1.87. The first kappa shape index (κ1) is 13.5. The number of furan rings is 1. The maximum absolute atomic E-state index is 10.0. The van der Waals surface area contributed by atoms with Gasteiger partial charge in [0.25, 0.3) is 0 Å². The zero-order valence-electron chi connectivity index (χ0n) is 11.1. The van der Waals surface area contributed by atoms with Crippen molar-refractivity contribution in [2.45, 2.75) is 19.9 Å². The molecule has 0 fully saturated rings. The number of para-hydroxylation sites is 1. The number of aromatic hydroxyl groups is 1. The van der Waals surface area contributed by atoms with Crippen LogP contribution in [-0.2, 0) is 13.0 Å². The van der Waals surface area contributed by atoms with E-state index in [-0.39, 0.29) is 5.75 Å². The van der Waals surface area contributed by atoms with Crippen molar-refractivity contribution in [2.75, 3.05) is 13.2 Å². The van der Waals surface area contributed by atoms with Crippen molar-refractivity contribution in [3.63, 3.8) is 0 Å². The highest BCUT2D eigenvalue weighted by Gasteiger charge is 2.07. The first-order valence-electron chi connectivity index (χ1n) is 6.48. The lowest BCUT2D eigenvalue weighted by atomic mass is 10.2. The number of ether oxygens (including phenoxy) is 1. The van der Waals surface area contributed by atoms with Gasteiger partial charge in [-0.25, -0.2) is 0 Å². The molecule has 0 unspecified atom stereocenters. The zero-order valence-corrected chi connectivity index (χ0v) is 11.1. The van der Waals surface area contributed by atoms with E-state index in [2.05, 4.69) is 5.32 Å². The van der Waals surface area contributed by atoms with Gasteiger partial charge in [0.05, 0.1) is 12.9 Å². The van der Waals surface area contributed by atoms with Crippen molar-refractivity contribution in [1.29, 1.82) is 0 Å². The second-order valence-corrected chi connectivity index (χ2v) is 4.20. The molecule has 0 atom stereocenters. The van der Waals surface area contributed by atoms with Crippen LogP contribution in [0.4, 0.5) is 0 Å². The molecule has 0 spiro atoms.